The van der Waals surface area contributed by atoms with E-state index in [9.17, 15) is 18.9 Å². The number of nitrogens with zero attached hydrogens (tertiary/aromatic N) is 2. The maximum absolute atomic E-state index is 12.5. The normalized spacial score (nSPS) is 10.2. The molecule has 70 valence electrons. The summed E-state index contributed by atoms with van der Waals surface area (Å²) in [6.07, 6.45) is 0. The van der Waals surface area contributed by atoms with Crippen molar-refractivity contribution in [3.63, 3.8) is 0 Å². The summed E-state index contributed by atoms with van der Waals surface area (Å²) in [4.78, 5) is 11.8. The van der Waals surface area contributed by atoms with Crippen molar-refractivity contribution in [3.8, 4) is 0 Å². The van der Waals surface area contributed by atoms with Crippen LogP contribution in [0, 0.1) is 22.0 Å². The van der Waals surface area contributed by atoms with Crippen molar-refractivity contribution in [2.45, 2.75) is 0 Å². The van der Waals surface area contributed by atoms with E-state index < -0.39 is 32.6 Å². The number of aromatic nitrogens is 1. The van der Waals surface area contributed by atoms with Crippen LogP contribution in [0.1, 0.15) is 0 Å². The van der Waals surface area contributed by atoms with Crippen molar-refractivity contribution in [1.29, 1.82) is 0 Å². The maximum atomic E-state index is 12.5. The minimum atomic E-state index is -1.46. The molecule has 0 saturated carbocycles. The summed E-state index contributed by atoms with van der Waals surface area (Å²) in [5.74, 6) is -2.93. The van der Waals surface area contributed by atoms with E-state index in [1.807, 2.05) is 0 Å². The first kappa shape index (κ1) is 10.1. The van der Waals surface area contributed by atoms with Gasteiger partial charge in [-0.25, -0.2) is 0 Å². The molecule has 1 heterocycles. The molecule has 0 N–H and O–H groups in total. The molecule has 0 unspecified atom stereocenters. The van der Waals surface area contributed by atoms with Gasteiger partial charge in [-0.3, -0.25) is 10.1 Å². The Bertz CT molecular complexity index is 359. The Balaban J connectivity index is 3.56. The Morgan fingerprint density at radius 2 is 1.62 bits per heavy atom. The molecule has 8 heteroatoms. The Kier molecular flexibility index (Phi) is 2.63. The lowest BCUT2D eigenvalue weighted by Gasteiger charge is -1.98. The van der Waals surface area contributed by atoms with Gasteiger partial charge in [-0.05, 0) is 0 Å². The number of nitro groups is 1. The van der Waals surface area contributed by atoms with Gasteiger partial charge in [-0.1, -0.05) is 23.2 Å². The van der Waals surface area contributed by atoms with Gasteiger partial charge in [0.25, 0.3) is 0 Å². The molecule has 0 aliphatic rings. The fourth-order valence-electron chi connectivity index (χ4n) is 0.636. The van der Waals surface area contributed by atoms with Crippen molar-refractivity contribution >= 4 is 28.9 Å². The van der Waals surface area contributed by atoms with Crippen LogP contribution in [0.25, 0.3) is 0 Å². The predicted molar refractivity (Wildman–Crippen MR) is 40.8 cm³/mol. The topological polar surface area (TPSA) is 56.0 Å². The van der Waals surface area contributed by atoms with Crippen LogP contribution in [0.15, 0.2) is 0 Å². The fourth-order valence-corrected chi connectivity index (χ4v) is 1.10. The van der Waals surface area contributed by atoms with Gasteiger partial charge >= 0.3 is 5.69 Å². The molecule has 1 aromatic rings. The molecule has 0 spiro atoms. The van der Waals surface area contributed by atoms with Crippen LogP contribution >= 0.6 is 23.2 Å². The maximum Gasteiger partial charge on any atom is 0.315 e. The van der Waals surface area contributed by atoms with Gasteiger partial charge in [-0.2, -0.15) is 13.8 Å². The lowest BCUT2D eigenvalue weighted by atomic mass is 10.4. The van der Waals surface area contributed by atoms with Crippen LogP contribution in [0.5, 0.6) is 0 Å². The Hall–Kier alpha value is -1.01. The number of rotatable bonds is 1. The Morgan fingerprint density at radius 3 is 1.92 bits per heavy atom. The van der Waals surface area contributed by atoms with Crippen LogP contribution in [0.3, 0.4) is 0 Å². The molecule has 1 rings (SSSR count). The monoisotopic (exact) mass is 228 g/mol. The highest BCUT2D eigenvalue weighted by Crippen LogP contribution is 2.34. The van der Waals surface area contributed by atoms with Crippen molar-refractivity contribution in [2.75, 3.05) is 0 Å². The summed E-state index contributed by atoms with van der Waals surface area (Å²) < 4.78 is 25.1. The molecule has 0 amide bonds. The molecular weight excluding hydrogens is 229 g/mol. The molecule has 0 aliphatic heterocycles. The lowest BCUT2D eigenvalue weighted by Crippen LogP contribution is -1.99. The Labute approximate surface area is 80.2 Å². The van der Waals surface area contributed by atoms with E-state index in [1.54, 1.807) is 0 Å². The van der Waals surface area contributed by atoms with Gasteiger partial charge in [0.1, 0.15) is 0 Å². The zero-order chi connectivity index (χ0) is 10.2. The lowest BCUT2D eigenvalue weighted by molar-refractivity contribution is -0.385. The second-order valence-corrected chi connectivity index (χ2v) is 2.68. The van der Waals surface area contributed by atoms with Gasteiger partial charge < -0.3 is 0 Å². The molecule has 0 aromatic carbocycles. The van der Waals surface area contributed by atoms with Crippen LogP contribution in [-0.4, -0.2) is 9.91 Å². The van der Waals surface area contributed by atoms with E-state index >= 15 is 0 Å². The largest absolute Gasteiger partial charge is 0.315 e. The average molecular weight is 229 g/mol. The second kappa shape index (κ2) is 3.39. The SMILES string of the molecule is O=[N+]([O-])c1c(Cl)c(F)nc(F)c1Cl. The van der Waals surface area contributed by atoms with Crippen LogP contribution < -0.4 is 0 Å². The summed E-state index contributed by atoms with van der Waals surface area (Å²) in [7, 11) is 0. The summed E-state index contributed by atoms with van der Waals surface area (Å²) >= 11 is 10.3. The molecule has 13 heavy (non-hydrogen) atoms. The predicted octanol–water partition coefficient (Wildman–Crippen LogP) is 2.57. The first-order chi connectivity index (χ1) is 5.95. The van der Waals surface area contributed by atoms with Crippen molar-refractivity contribution in [3.05, 3.63) is 32.1 Å². The molecule has 0 fully saturated rings. The van der Waals surface area contributed by atoms with Gasteiger partial charge in [-0.15, -0.1) is 0 Å². The zero-order valence-corrected chi connectivity index (χ0v) is 7.23. The number of halogens is 4. The van der Waals surface area contributed by atoms with Gasteiger partial charge in [0.2, 0.25) is 11.9 Å². The summed E-state index contributed by atoms with van der Waals surface area (Å²) in [5.41, 5.74) is -1.02. The van der Waals surface area contributed by atoms with Gasteiger partial charge in [0.05, 0.1) is 4.92 Å². The molecule has 0 bridgehead atoms. The third-order valence-electron chi connectivity index (χ3n) is 1.16. The van der Waals surface area contributed by atoms with E-state index in [2.05, 4.69) is 4.98 Å². The highest BCUT2D eigenvalue weighted by atomic mass is 35.5. The molecule has 1 aromatic heterocycles. The molecule has 0 atom stereocenters. The third-order valence-corrected chi connectivity index (χ3v) is 1.83. The van der Waals surface area contributed by atoms with E-state index in [4.69, 9.17) is 23.2 Å². The smallest absolute Gasteiger partial charge is 0.258 e. The average Bonchev–Trinajstić information content (AvgIpc) is 2.01. The van der Waals surface area contributed by atoms with E-state index in [1.165, 1.54) is 0 Å². The highest BCUT2D eigenvalue weighted by molar-refractivity contribution is 6.38. The summed E-state index contributed by atoms with van der Waals surface area (Å²) in [5, 5.41) is 8.41. The minimum absolute atomic E-state index is 0.906. The van der Waals surface area contributed by atoms with Crippen LogP contribution in [-0.2, 0) is 0 Å². The van der Waals surface area contributed by atoms with Crippen LogP contribution in [0.4, 0.5) is 14.5 Å². The molecule has 4 nitrogen and oxygen atoms in total. The molecule has 0 saturated heterocycles. The van der Waals surface area contributed by atoms with Crippen LogP contribution in [0.2, 0.25) is 10.0 Å². The molecule has 0 radical (unpaired) electrons. The van der Waals surface area contributed by atoms with Crippen molar-refractivity contribution in [1.82, 2.24) is 4.98 Å². The quantitative estimate of drug-likeness (QED) is 0.422. The van der Waals surface area contributed by atoms with E-state index in [-0.39, 0.29) is 0 Å². The van der Waals surface area contributed by atoms with E-state index in [0.717, 1.165) is 0 Å². The standard InChI is InChI=1S/C5Cl2F2N2O2/c6-1-3(11(12)13)2(7)5(9)10-4(1)8. The van der Waals surface area contributed by atoms with Gasteiger partial charge in [0, 0.05) is 0 Å². The number of hydrogen-bond acceptors (Lipinski definition) is 3. The number of hydrogen-bond donors (Lipinski definition) is 0. The minimum Gasteiger partial charge on any atom is -0.258 e. The third kappa shape index (κ3) is 1.68. The summed E-state index contributed by atoms with van der Waals surface area (Å²) in [6, 6.07) is 0. The van der Waals surface area contributed by atoms with Crippen molar-refractivity contribution < 1.29 is 13.7 Å². The fraction of sp³-hybridized carbons (Fsp3) is 0. The second-order valence-electron chi connectivity index (χ2n) is 1.93. The van der Waals surface area contributed by atoms with E-state index in [0.29, 0.717) is 0 Å². The highest BCUT2D eigenvalue weighted by Gasteiger charge is 2.26. The number of pyridine rings is 1. The van der Waals surface area contributed by atoms with Crippen molar-refractivity contribution in [2.24, 2.45) is 0 Å². The summed E-state index contributed by atoms with van der Waals surface area (Å²) in [6.45, 7) is 0. The Morgan fingerprint density at radius 1 is 1.23 bits per heavy atom. The first-order valence-electron chi connectivity index (χ1n) is 2.79. The first-order valence-corrected chi connectivity index (χ1v) is 3.55. The molecular formula is C5Cl2F2N2O2. The van der Waals surface area contributed by atoms with Gasteiger partial charge in [0.15, 0.2) is 10.0 Å². The zero-order valence-electron chi connectivity index (χ0n) is 5.72. The molecule has 0 aliphatic carbocycles.